The molecule has 3 nitrogen and oxygen atoms in total. The van der Waals surface area contributed by atoms with E-state index in [0.717, 1.165) is 0 Å². The van der Waals surface area contributed by atoms with Crippen molar-refractivity contribution in [2.45, 2.75) is 44.6 Å². The van der Waals surface area contributed by atoms with Crippen LogP contribution in [0.5, 0.6) is 0 Å². The zero-order valence-corrected chi connectivity index (χ0v) is 7.05. The van der Waals surface area contributed by atoms with E-state index in [1.54, 1.807) is 0 Å². The van der Waals surface area contributed by atoms with E-state index in [2.05, 4.69) is 6.92 Å². The topological polar surface area (TPSA) is 63.3 Å². The molecule has 3 N–H and O–H groups in total. The summed E-state index contributed by atoms with van der Waals surface area (Å²) in [6.45, 7) is 1.91. The van der Waals surface area contributed by atoms with Gasteiger partial charge in [0.1, 0.15) is 0 Å². The predicted octanol–water partition coefficient (Wildman–Crippen LogP) is 1.37. The van der Waals surface area contributed by atoms with Crippen molar-refractivity contribution in [2.24, 2.45) is 5.73 Å². The van der Waals surface area contributed by atoms with Crippen molar-refractivity contribution in [3.05, 3.63) is 0 Å². The highest BCUT2D eigenvalue weighted by atomic mass is 16.3. The highest BCUT2D eigenvalue weighted by Gasteiger charge is 2.20. The minimum Gasteiger partial charge on any atom is -0.483 e. The molecule has 11 heavy (non-hydrogen) atoms. The third-order valence-electron chi connectivity index (χ3n) is 2.00. The lowest BCUT2D eigenvalue weighted by Gasteiger charge is -2.28. The van der Waals surface area contributed by atoms with E-state index in [1.807, 2.05) is 0 Å². The van der Waals surface area contributed by atoms with Crippen LogP contribution in [-0.2, 0) is 4.79 Å². The van der Waals surface area contributed by atoms with Gasteiger partial charge in [-0.25, -0.2) is 0 Å². The summed E-state index contributed by atoms with van der Waals surface area (Å²) in [5.74, 6) is 0. The van der Waals surface area contributed by atoms with E-state index in [0.29, 0.717) is 0 Å². The molecular formula is C8H17NO2. The second-order valence-corrected chi connectivity index (χ2v) is 3.32. The van der Waals surface area contributed by atoms with E-state index in [4.69, 9.17) is 15.6 Å². The molecule has 3 heteroatoms. The Morgan fingerprint density at radius 1 is 1.36 bits per heavy atom. The molecule has 1 fully saturated rings. The van der Waals surface area contributed by atoms with Crippen LogP contribution in [0.25, 0.3) is 0 Å². The van der Waals surface area contributed by atoms with E-state index in [-0.39, 0.29) is 12.0 Å². The van der Waals surface area contributed by atoms with Crippen molar-refractivity contribution >= 4 is 6.47 Å². The van der Waals surface area contributed by atoms with E-state index in [1.165, 1.54) is 32.1 Å². The molecule has 0 saturated heterocycles. The molecule has 0 heterocycles. The van der Waals surface area contributed by atoms with Crippen LogP contribution in [0.4, 0.5) is 0 Å². The maximum atomic E-state index is 8.36. The van der Waals surface area contributed by atoms with Gasteiger partial charge >= 0.3 is 0 Å². The Hall–Kier alpha value is -0.570. The quantitative estimate of drug-likeness (QED) is 0.525. The van der Waals surface area contributed by atoms with Gasteiger partial charge < -0.3 is 10.8 Å². The lowest BCUT2D eigenvalue weighted by Crippen LogP contribution is -2.37. The first-order valence-corrected chi connectivity index (χ1v) is 3.99. The number of rotatable bonds is 0. The molecular weight excluding hydrogens is 142 g/mol. The molecule has 0 unspecified atom stereocenters. The van der Waals surface area contributed by atoms with Gasteiger partial charge in [0, 0.05) is 5.54 Å². The average molecular weight is 159 g/mol. The Balaban J connectivity index is 0.000000292. The van der Waals surface area contributed by atoms with Crippen molar-refractivity contribution in [2.75, 3.05) is 0 Å². The molecule has 0 aromatic rings. The van der Waals surface area contributed by atoms with Crippen molar-refractivity contribution < 1.29 is 9.90 Å². The van der Waals surface area contributed by atoms with Crippen LogP contribution in [0.3, 0.4) is 0 Å². The summed E-state index contributed by atoms with van der Waals surface area (Å²) in [5.41, 5.74) is 6.06. The summed E-state index contributed by atoms with van der Waals surface area (Å²) >= 11 is 0. The summed E-state index contributed by atoms with van der Waals surface area (Å²) < 4.78 is 0. The SMILES string of the molecule is CC1(N)CCCCC1.O=CO. The molecule has 1 saturated carbocycles. The lowest BCUT2D eigenvalue weighted by atomic mass is 9.84. The lowest BCUT2D eigenvalue weighted by molar-refractivity contribution is -0.122. The second kappa shape index (κ2) is 5.13. The third kappa shape index (κ3) is 5.85. The minimum atomic E-state index is -0.250. The zero-order chi connectivity index (χ0) is 8.74. The van der Waals surface area contributed by atoms with Crippen molar-refractivity contribution in [3.63, 3.8) is 0 Å². The Morgan fingerprint density at radius 2 is 1.73 bits per heavy atom. The Labute approximate surface area is 67.6 Å². The van der Waals surface area contributed by atoms with Gasteiger partial charge in [0.15, 0.2) is 0 Å². The fourth-order valence-electron chi connectivity index (χ4n) is 1.36. The number of hydrogen-bond acceptors (Lipinski definition) is 2. The summed E-state index contributed by atoms with van der Waals surface area (Å²) in [6.07, 6.45) is 6.53. The van der Waals surface area contributed by atoms with Gasteiger partial charge in [-0.15, -0.1) is 0 Å². The van der Waals surface area contributed by atoms with Crippen molar-refractivity contribution in [1.82, 2.24) is 0 Å². The summed E-state index contributed by atoms with van der Waals surface area (Å²) in [4.78, 5) is 8.36. The Kier molecular flexibility index (Phi) is 4.86. The smallest absolute Gasteiger partial charge is 0.290 e. The Bertz CT molecular complexity index is 105. The number of nitrogens with two attached hydrogens (primary N) is 1. The largest absolute Gasteiger partial charge is 0.483 e. The third-order valence-corrected chi connectivity index (χ3v) is 2.00. The van der Waals surface area contributed by atoms with Gasteiger partial charge in [-0.2, -0.15) is 0 Å². The second-order valence-electron chi connectivity index (χ2n) is 3.32. The monoisotopic (exact) mass is 159 g/mol. The molecule has 0 bridgehead atoms. The summed E-state index contributed by atoms with van der Waals surface area (Å²) in [6, 6.07) is 0. The highest BCUT2D eigenvalue weighted by Crippen LogP contribution is 2.24. The van der Waals surface area contributed by atoms with E-state index >= 15 is 0 Å². The van der Waals surface area contributed by atoms with Gasteiger partial charge in [-0.3, -0.25) is 4.79 Å². The van der Waals surface area contributed by atoms with Crippen LogP contribution in [0.15, 0.2) is 0 Å². The molecule has 1 aliphatic rings. The highest BCUT2D eigenvalue weighted by molar-refractivity contribution is 5.32. The molecule has 0 spiro atoms. The van der Waals surface area contributed by atoms with Crippen LogP contribution in [0, 0.1) is 0 Å². The predicted molar refractivity (Wildman–Crippen MR) is 44.4 cm³/mol. The van der Waals surface area contributed by atoms with Gasteiger partial charge in [-0.1, -0.05) is 19.3 Å². The van der Waals surface area contributed by atoms with Gasteiger partial charge in [0.2, 0.25) is 0 Å². The van der Waals surface area contributed by atoms with E-state index < -0.39 is 0 Å². The van der Waals surface area contributed by atoms with Crippen LogP contribution < -0.4 is 5.73 Å². The molecule has 0 radical (unpaired) electrons. The Morgan fingerprint density at radius 3 is 1.91 bits per heavy atom. The molecule has 0 aliphatic heterocycles. The van der Waals surface area contributed by atoms with Crippen LogP contribution in [0.2, 0.25) is 0 Å². The number of carboxylic acid groups (broad SMARTS) is 1. The first-order valence-electron chi connectivity index (χ1n) is 3.99. The zero-order valence-electron chi connectivity index (χ0n) is 7.05. The maximum absolute atomic E-state index is 8.36. The van der Waals surface area contributed by atoms with Crippen LogP contribution in [-0.4, -0.2) is 17.1 Å². The standard InChI is InChI=1S/C7H15N.CH2O2/c1-7(8)5-3-2-4-6-7;2-1-3/h2-6,8H2,1H3;1H,(H,2,3). The molecule has 0 atom stereocenters. The summed E-state index contributed by atoms with van der Waals surface area (Å²) in [7, 11) is 0. The van der Waals surface area contributed by atoms with E-state index in [9.17, 15) is 0 Å². The molecule has 1 rings (SSSR count). The summed E-state index contributed by atoms with van der Waals surface area (Å²) in [5, 5.41) is 6.89. The first kappa shape index (κ1) is 10.4. The minimum absolute atomic E-state index is 0.179. The van der Waals surface area contributed by atoms with Crippen LogP contribution >= 0.6 is 0 Å². The fourth-order valence-corrected chi connectivity index (χ4v) is 1.36. The fraction of sp³-hybridized carbons (Fsp3) is 0.875. The van der Waals surface area contributed by atoms with Gasteiger partial charge in [0.25, 0.3) is 6.47 Å². The van der Waals surface area contributed by atoms with Gasteiger partial charge in [0.05, 0.1) is 0 Å². The molecule has 66 valence electrons. The number of carbonyl (C=O) groups is 1. The van der Waals surface area contributed by atoms with Gasteiger partial charge in [-0.05, 0) is 19.8 Å². The number of hydrogen-bond donors (Lipinski definition) is 2. The van der Waals surface area contributed by atoms with Crippen molar-refractivity contribution in [3.8, 4) is 0 Å². The molecule has 0 aromatic heterocycles. The molecule has 1 aliphatic carbocycles. The molecule has 0 amide bonds. The van der Waals surface area contributed by atoms with Crippen molar-refractivity contribution in [1.29, 1.82) is 0 Å². The first-order chi connectivity index (χ1) is 5.12. The normalized spacial score (nSPS) is 21.3. The van der Waals surface area contributed by atoms with Crippen LogP contribution in [0.1, 0.15) is 39.0 Å². The average Bonchev–Trinajstić information content (AvgIpc) is 1.88. The maximum Gasteiger partial charge on any atom is 0.290 e. The molecule has 0 aromatic carbocycles.